The maximum Gasteiger partial charge on any atom is 0.293 e. The van der Waals surface area contributed by atoms with Gasteiger partial charge < -0.3 is 14.6 Å². The van der Waals surface area contributed by atoms with Crippen molar-refractivity contribution in [3.8, 4) is 0 Å². The highest BCUT2D eigenvalue weighted by molar-refractivity contribution is 5.87. The summed E-state index contributed by atoms with van der Waals surface area (Å²) in [7, 11) is 0. The number of H-pyrrole nitrogens is 1. The Kier molecular flexibility index (Phi) is 4.55. The van der Waals surface area contributed by atoms with Crippen molar-refractivity contribution < 1.29 is 9.66 Å². The summed E-state index contributed by atoms with van der Waals surface area (Å²) >= 11 is 0. The van der Waals surface area contributed by atoms with Crippen LogP contribution in [-0.4, -0.2) is 50.5 Å². The molecule has 146 valence electrons. The lowest BCUT2D eigenvalue weighted by atomic mass is 10.1. The number of ether oxygens (including phenoxy) is 1. The van der Waals surface area contributed by atoms with Crippen LogP contribution in [0.3, 0.4) is 0 Å². The van der Waals surface area contributed by atoms with Crippen LogP contribution in [0.25, 0.3) is 10.9 Å². The van der Waals surface area contributed by atoms with Crippen molar-refractivity contribution in [2.75, 3.05) is 24.6 Å². The maximum atomic E-state index is 12.0. The number of hydrogen-bond donors (Lipinski definition) is 1. The molecule has 1 unspecified atom stereocenters. The van der Waals surface area contributed by atoms with Crippen LogP contribution in [0.4, 0.5) is 11.4 Å². The highest BCUT2D eigenvalue weighted by Crippen LogP contribution is 2.32. The monoisotopic (exact) mass is 384 g/mol. The van der Waals surface area contributed by atoms with Crippen LogP contribution in [0.5, 0.6) is 0 Å². The molecule has 10 heteroatoms. The van der Waals surface area contributed by atoms with E-state index >= 15 is 0 Å². The number of aryl methyl sites for hydroxylation is 2. The number of morpholine rings is 1. The number of hydrogen-bond acceptors (Lipinski definition) is 7. The van der Waals surface area contributed by atoms with E-state index in [9.17, 15) is 14.9 Å². The second kappa shape index (κ2) is 7.04. The van der Waals surface area contributed by atoms with E-state index in [1.165, 1.54) is 12.4 Å². The van der Waals surface area contributed by atoms with E-state index in [0.29, 0.717) is 37.4 Å². The summed E-state index contributed by atoms with van der Waals surface area (Å²) in [6, 6.07) is 4.90. The van der Waals surface area contributed by atoms with E-state index in [4.69, 9.17) is 4.74 Å². The lowest BCUT2D eigenvalue weighted by Gasteiger charge is -2.34. The predicted molar refractivity (Wildman–Crippen MR) is 103 cm³/mol. The van der Waals surface area contributed by atoms with Crippen LogP contribution in [0, 0.1) is 24.0 Å². The van der Waals surface area contributed by atoms with Crippen LogP contribution in [-0.2, 0) is 11.3 Å². The fourth-order valence-electron chi connectivity index (χ4n) is 3.59. The van der Waals surface area contributed by atoms with Gasteiger partial charge in [0, 0.05) is 24.8 Å². The molecule has 1 aromatic carbocycles. The van der Waals surface area contributed by atoms with Gasteiger partial charge in [-0.15, -0.1) is 0 Å². The summed E-state index contributed by atoms with van der Waals surface area (Å²) in [5.41, 5.74) is 2.33. The van der Waals surface area contributed by atoms with Crippen molar-refractivity contribution in [2.45, 2.75) is 26.5 Å². The Hall–Kier alpha value is -3.27. The van der Waals surface area contributed by atoms with Gasteiger partial charge in [0.25, 0.3) is 11.2 Å². The number of nitrogens with one attached hydrogen (secondary N) is 1. The van der Waals surface area contributed by atoms with Gasteiger partial charge in [0.1, 0.15) is 5.69 Å². The average Bonchev–Trinajstić information content (AvgIpc) is 2.98. The summed E-state index contributed by atoms with van der Waals surface area (Å²) < 4.78 is 7.75. The number of nitro groups is 1. The summed E-state index contributed by atoms with van der Waals surface area (Å²) in [4.78, 5) is 31.7. The summed E-state index contributed by atoms with van der Waals surface area (Å²) in [6.07, 6.45) is 1.14. The minimum atomic E-state index is -0.466. The van der Waals surface area contributed by atoms with E-state index < -0.39 is 10.5 Å². The molecule has 28 heavy (non-hydrogen) atoms. The van der Waals surface area contributed by atoms with Crippen LogP contribution in [0.1, 0.15) is 11.4 Å². The van der Waals surface area contributed by atoms with Crippen LogP contribution >= 0.6 is 0 Å². The molecule has 1 atom stereocenters. The zero-order valence-electron chi connectivity index (χ0n) is 15.6. The Balaban J connectivity index is 1.66. The molecule has 1 aliphatic heterocycles. The summed E-state index contributed by atoms with van der Waals surface area (Å²) in [6.45, 7) is 5.93. The minimum absolute atomic E-state index is 0.113. The Bertz CT molecular complexity index is 1110. The third-order valence-corrected chi connectivity index (χ3v) is 4.89. The first-order valence-corrected chi connectivity index (χ1v) is 8.96. The number of nitro benzene ring substituents is 1. The zero-order chi connectivity index (χ0) is 19.8. The number of rotatable bonds is 4. The van der Waals surface area contributed by atoms with E-state index in [0.717, 1.165) is 11.4 Å². The van der Waals surface area contributed by atoms with Crippen LogP contribution < -0.4 is 10.5 Å². The van der Waals surface area contributed by atoms with Gasteiger partial charge in [-0.25, -0.2) is 4.98 Å². The summed E-state index contributed by atoms with van der Waals surface area (Å²) in [5, 5.41) is 16.3. The van der Waals surface area contributed by atoms with Crippen molar-refractivity contribution in [3.05, 3.63) is 56.4 Å². The van der Waals surface area contributed by atoms with Gasteiger partial charge in [0.05, 0.1) is 47.1 Å². The topological polar surface area (TPSA) is 119 Å². The quantitative estimate of drug-likeness (QED) is 0.535. The molecule has 3 heterocycles. The van der Waals surface area contributed by atoms with Crippen molar-refractivity contribution in [1.82, 2.24) is 19.7 Å². The van der Waals surface area contributed by atoms with Crippen molar-refractivity contribution in [3.63, 3.8) is 0 Å². The van der Waals surface area contributed by atoms with Gasteiger partial charge in [-0.05, 0) is 26.0 Å². The fourth-order valence-corrected chi connectivity index (χ4v) is 3.59. The first-order valence-electron chi connectivity index (χ1n) is 8.96. The Morgan fingerprint density at radius 2 is 2.18 bits per heavy atom. The lowest BCUT2D eigenvalue weighted by Crippen LogP contribution is -2.44. The third-order valence-electron chi connectivity index (χ3n) is 4.89. The Morgan fingerprint density at radius 1 is 1.36 bits per heavy atom. The number of nitrogens with zero attached hydrogens (tertiary/aromatic N) is 5. The van der Waals surface area contributed by atoms with E-state index in [-0.39, 0.29) is 17.2 Å². The number of anilines is 1. The van der Waals surface area contributed by atoms with Crippen LogP contribution in [0.15, 0.2) is 29.3 Å². The van der Waals surface area contributed by atoms with Gasteiger partial charge in [-0.2, -0.15) is 5.10 Å². The average molecular weight is 384 g/mol. The number of fused-ring (bicyclic) bond motifs is 1. The minimum Gasteiger partial charge on any atom is -0.373 e. The fraction of sp³-hybridized carbons (Fsp3) is 0.389. The molecular formula is C18H20N6O4. The van der Waals surface area contributed by atoms with Crippen LogP contribution in [0.2, 0.25) is 0 Å². The smallest absolute Gasteiger partial charge is 0.293 e. The molecule has 1 saturated heterocycles. The Morgan fingerprint density at radius 3 is 2.89 bits per heavy atom. The number of aromatic nitrogens is 4. The Labute approximate surface area is 159 Å². The van der Waals surface area contributed by atoms with Gasteiger partial charge in [0.2, 0.25) is 0 Å². The second-order valence-corrected chi connectivity index (χ2v) is 6.89. The molecule has 0 saturated carbocycles. The van der Waals surface area contributed by atoms with E-state index in [1.54, 1.807) is 6.07 Å². The van der Waals surface area contributed by atoms with E-state index in [2.05, 4.69) is 15.1 Å². The van der Waals surface area contributed by atoms with Gasteiger partial charge in [0.15, 0.2) is 0 Å². The number of benzene rings is 1. The first kappa shape index (κ1) is 18.1. The van der Waals surface area contributed by atoms with E-state index in [1.807, 2.05) is 29.5 Å². The maximum absolute atomic E-state index is 12.0. The first-order chi connectivity index (χ1) is 13.4. The molecule has 0 radical (unpaired) electrons. The molecule has 0 bridgehead atoms. The molecule has 0 amide bonds. The highest BCUT2D eigenvalue weighted by atomic mass is 16.6. The number of aromatic amines is 1. The van der Waals surface area contributed by atoms with Crippen molar-refractivity contribution >= 4 is 22.3 Å². The molecule has 1 N–H and O–H groups in total. The molecule has 1 aliphatic rings. The van der Waals surface area contributed by atoms with Gasteiger partial charge in [-0.1, -0.05) is 0 Å². The van der Waals surface area contributed by atoms with Crippen molar-refractivity contribution in [2.24, 2.45) is 0 Å². The standard InChI is InChI=1S/C18H20N6O4/c1-11-5-12(2)23(21-11)9-13-8-22(3-4-28-13)16-7-15-14(6-17(16)24(26)27)18(25)20-10-19-15/h5-7,10,13H,3-4,8-9H2,1-2H3,(H,19,20,25). The van der Waals surface area contributed by atoms with Gasteiger partial charge in [-0.3, -0.25) is 19.6 Å². The second-order valence-electron chi connectivity index (χ2n) is 6.89. The largest absolute Gasteiger partial charge is 0.373 e. The molecule has 10 nitrogen and oxygen atoms in total. The normalized spacial score (nSPS) is 17.2. The molecule has 3 aromatic rings. The molecule has 4 rings (SSSR count). The SMILES string of the molecule is Cc1cc(C)n(CC2CN(c3cc4nc[nH]c(=O)c4cc3[N+](=O)[O-])CCO2)n1. The molecule has 0 aliphatic carbocycles. The highest BCUT2D eigenvalue weighted by Gasteiger charge is 2.28. The lowest BCUT2D eigenvalue weighted by molar-refractivity contribution is -0.384. The van der Waals surface area contributed by atoms with Crippen molar-refractivity contribution in [1.29, 1.82) is 0 Å². The zero-order valence-corrected chi connectivity index (χ0v) is 15.6. The predicted octanol–water partition coefficient (Wildman–Crippen LogP) is 1.55. The molecule has 2 aromatic heterocycles. The van der Waals surface area contributed by atoms with Gasteiger partial charge >= 0.3 is 0 Å². The molecule has 0 spiro atoms. The summed E-state index contributed by atoms with van der Waals surface area (Å²) in [5.74, 6) is 0. The molecular weight excluding hydrogens is 364 g/mol. The molecule has 1 fully saturated rings. The third kappa shape index (κ3) is 3.33.